The van der Waals surface area contributed by atoms with Gasteiger partial charge in [0.1, 0.15) is 0 Å². The Hall–Kier alpha value is -1.90. The van der Waals surface area contributed by atoms with Crippen LogP contribution in [0.25, 0.3) is 0 Å². The first kappa shape index (κ1) is 10.6. The quantitative estimate of drug-likeness (QED) is 0.704. The van der Waals surface area contributed by atoms with Gasteiger partial charge in [-0.05, 0) is 5.56 Å². The van der Waals surface area contributed by atoms with Crippen LogP contribution < -0.4 is 0 Å². The lowest BCUT2D eigenvalue weighted by Crippen LogP contribution is -2.26. The van der Waals surface area contributed by atoms with Gasteiger partial charge in [-0.25, -0.2) is 0 Å². The molecule has 2 amide bonds. The monoisotopic (exact) mass is 215 g/mol. The Kier molecular flexibility index (Phi) is 2.60. The number of likely N-dealkylation sites (N-methyl/N-ethyl adjacent to an activating group) is 1. The first-order chi connectivity index (χ1) is 7.61. The number of carbonyl (C=O) groups excluding carboxylic acids is 2. The highest BCUT2D eigenvalue weighted by Crippen LogP contribution is 2.28. The molecule has 0 aliphatic carbocycles. The van der Waals surface area contributed by atoms with E-state index in [0.29, 0.717) is 5.57 Å². The topological polar surface area (TPSA) is 37.4 Å². The first-order valence-electron chi connectivity index (χ1n) is 5.20. The minimum Gasteiger partial charge on any atom is -0.278 e. The molecule has 0 spiro atoms. The summed E-state index contributed by atoms with van der Waals surface area (Å²) in [5.41, 5.74) is 1.61. The van der Waals surface area contributed by atoms with Gasteiger partial charge in [-0.3, -0.25) is 14.5 Å². The van der Waals surface area contributed by atoms with Crippen molar-refractivity contribution in [2.45, 2.75) is 12.8 Å². The van der Waals surface area contributed by atoms with Crippen molar-refractivity contribution in [3.63, 3.8) is 0 Å². The molecule has 0 bridgehead atoms. The number of hydrogen-bond donors (Lipinski definition) is 0. The second kappa shape index (κ2) is 3.93. The van der Waals surface area contributed by atoms with Crippen LogP contribution in [0.4, 0.5) is 0 Å². The van der Waals surface area contributed by atoms with E-state index in [4.69, 9.17) is 0 Å². The average Bonchev–Trinajstić information content (AvgIpc) is 2.57. The Balaban J connectivity index is 2.31. The highest BCUT2D eigenvalue weighted by Gasteiger charge is 2.31. The van der Waals surface area contributed by atoms with Crippen LogP contribution in [0.3, 0.4) is 0 Å². The third kappa shape index (κ3) is 1.65. The predicted octanol–water partition coefficient (Wildman–Crippen LogP) is 1.72. The zero-order valence-electron chi connectivity index (χ0n) is 9.31. The van der Waals surface area contributed by atoms with Crippen LogP contribution in [0.2, 0.25) is 0 Å². The Labute approximate surface area is 94.4 Å². The van der Waals surface area contributed by atoms with E-state index < -0.39 is 0 Å². The summed E-state index contributed by atoms with van der Waals surface area (Å²) < 4.78 is 0. The lowest BCUT2D eigenvalue weighted by molar-refractivity contribution is -0.135. The second-order valence-corrected chi connectivity index (χ2v) is 3.93. The molecule has 1 aromatic rings. The molecule has 1 heterocycles. The van der Waals surface area contributed by atoms with E-state index >= 15 is 0 Å². The molecule has 0 aromatic heterocycles. The van der Waals surface area contributed by atoms with Crippen LogP contribution >= 0.6 is 0 Å². The Morgan fingerprint density at radius 1 is 1.12 bits per heavy atom. The van der Waals surface area contributed by atoms with E-state index in [1.54, 1.807) is 0 Å². The van der Waals surface area contributed by atoms with Gasteiger partial charge >= 0.3 is 0 Å². The molecule has 1 aliphatic heterocycles. The number of nitrogens with zero attached hydrogens (tertiary/aromatic N) is 1. The number of rotatable bonds is 2. The second-order valence-electron chi connectivity index (χ2n) is 3.93. The fraction of sp³-hybridized carbons (Fsp3) is 0.231. The van der Waals surface area contributed by atoms with E-state index in [0.717, 1.165) is 10.5 Å². The molecular weight excluding hydrogens is 202 g/mol. The third-order valence-electron chi connectivity index (χ3n) is 2.93. The zero-order valence-corrected chi connectivity index (χ0v) is 9.31. The fourth-order valence-electron chi connectivity index (χ4n) is 1.82. The molecule has 0 saturated carbocycles. The summed E-state index contributed by atoms with van der Waals surface area (Å²) in [4.78, 5) is 24.3. The van der Waals surface area contributed by atoms with E-state index in [2.05, 4.69) is 0 Å². The molecule has 1 atom stereocenters. The summed E-state index contributed by atoms with van der Waals surface area (Å²) in [5.74, 6) is -0.466. The van der Waals surface area contributed by atoms with Crippen LogP contribution in [0.1, 0.15) is 18.4 Å². The maximum Gasteiger partial charge on any atom is 0.257 e. The van der Waals surface area contributed by atoms with Crippen molar-refractivity contribution in [2.75, 3.05) is 7.05 Å². The minimum atomic E-state index is -0.234. The van der Waals surface area contributed by atoms with Gasteiger partial charge in [0.2, 0.25) is 0 Å². The smallest absolute Gasteiger partial charge is 0.257 e. The van der Waals surface area contributed by atoms with Crippen LogP contribution in [0, 0.1) is 0 Å². The predicted molar refractivity (Wildman–Crippen MR) is 60.7 cm³/mol. The molecule has 3 nitrogen and oxygen atoms in total. The van der Waals surface area contributed by atoms with E-state index in [-0.39, 0.29) is 17.7 Å². The van der Waals surface area contributed by atoms with Crippen LogP contribution in [0.5, 0.6) is 0 Å². The number of benzene rings is 1. The number of amides is 2. The van der Waals surface area contributed by atoms with Gasteiger partial charge in [0.25, 0.3) is 11.8 Å². The van der Waals surface area contributed by atoms with Crippen molar-refractivity contribution in [1.82, 2.24) is 4.90 Å². The lowest BCUT2D eigenvalue weighted by Gasteiger charge is -2.13. The maximum absolute atomic E-state index is 11.8. The largest absolute Gasteiger partial charge is 0.278 e. The molecule has 0 fully saturated rings. The number of carbonyl (C=O) groups is 2. The number of imide groups is 1. The fourth-order valence-corrected chi connectivity index (χ4v) is 1.82. The normalized spacial score (nSPS) is 17.6. The van der Waals surface area contributed by atoms with E-state index in [9.17, 15) is 9.59 Å². The standard InChI is InChI=1S/C13H13NO2/c1-9(10-6-4-3-5-7-10)11-8-12(15)14(2)13(11)16/h3-9H,1-2H3. The Bertz CT molecular complexity index is 462. The van der Waals surface area contributed by atoms with Crippen LogP contribution in [-0.4, -0.2) is 23.8 Å². The Morgan fingerprint density at radius 2 is 1.75 bits per heavy atom. The molecule has 16 heavy (non-hydrogen) atoms. The summed E-state index contributed by atoms with van der Waals surface area (Å²) in [7, 11) is 1.51. The summed E-state index contributed by atoms with van der Waals surface area (Å²) in [6, 6.07) is 9.70. The van der Waals surface area contributed by atoms with Crippen molar-refractivity contribution in [3.8, 4) is 0 Å². The molecule has 2 rings (SSSR count). The van der Waals surface area contributed by atoms with Gasteiger partial charge in [0.05, 0.1) is 0 Å². The lowest BCUT2D eigenvalue weighted by atomic mass is 9.93. The van der Waals surface area contributed by atoms with Crippen LogP contribution in [0.15, 0.2) is 42.0 Å². The molecular formula is C13H13NO2. The molecule has 1 aromatic carbocycles. The first-order valence-corrected chi connectivity index (χ1v) is 5.20. The van der Waals surface area contributed by atoms with Gasteiger partial charge < -0.3 is 0 Å². The average molecular weight is 215 g/mol. The minimum absolute atomic E-state index is 0.0393. The van der Waals surface area contributed by atoms with Crippen molar-refractivity contribution in [1.29, 1.82) is 0 Å². The van der Waals surface area contributed by atoms with Gasteiger partial charge in [-0.15, -0.1) is 0 Å². The van der Waals surface area contributed by atoms with Gasteiger partial charge in [0.15, 0.2) is 0 Å². The molecule has 0 radical (unpaired) electrons. The van der Waals surface area contributed by atoms with Crippen molar-refractivity contribution >= 4 is 11.8 Å². The molecule has 82 valence electrons. The van der Waals surface area contributed by atoms with Gasteiger partial charge in [-0.2, -0.15) is 0 Å². The van der Waals surface area contributed by atoms with E-state index in [1.165, 1.54) is 13.1 Å². The van der Waals surface area contributed by atoms with Gasteiger partial charge in [-0.1, -0.05) is 37.3 Å². The van der Waals surface area contributed by atoms with Crippen LogP contribution in [-0.2, 0) is 9.59 Å². The highest BCUT2D eigenvalue weighted by molar-refractivity contribution is 6.16. The summed E-state index contributed by atoms with van der Waals surface area (Å²) in [5, 5.41) is 0. The summed E-state index contributed by atoms with van der Waals surface area (Å²) in [6.45, 7) is 1.94. The summed E-state index contributed by atoms with van der Waals surface area (Å²) >= 11 is 0. The highest BCUT2D eigenvalue weighted by atomic mass is 16.2. The van der Waals surface area contributed by atoms with Crippen molar-refractivity contribution in [3.05, 3.63) is 47.5 Å². The van der Waals surface area contributed by atoms with Crippen molar-refractivity contribution < 1.29 is 9.59 Å². The molecule has 0 N–H and O–H groups in total. The molecule has 1 unspecified atom stereocenters. The zero-order chi connectivity index (χ0) is 11.7. The molecule has 0 saturated heterocycles. The molecule has 1 aliphatic rings. The maximum atomic E-state index is 11.8. The molecule has 3 heteroatoms. The Morgan fingerprint density at radius 3 is 2.25 bits per heavy atom. The SMILES string of the molecule is CC(C1=CC(=O)N(C)C1=O)c1ccccc1. The third-order valence-corrected chi connectivity index (χ3v) is 2.93. The van der Waals surface area contributed by atoms with E-state index in [1.807, 2.05) is 37.3 Å². The van der Waals surface area contributed by atoms with Crippen molar-refractivity contribution in [2.24, 2.45) is 0 Å². The number of hydrogen-bond acceptors (Lipinski definition) is 2. The summed E-state index contributed by atoms with van der Waals surface area (Å²) in [6.07, 6.45) is 1.43. The van der Waals surface area contributed by atoms with Gasteiger partial charge in [0, 0.05) is 24.6 Å².